The number of ether oxygens (including phenoxy) is 1. The Morgan fingerprint density at radius 3 is 2.43 bits per heavy atom. The lowest BCUT2D eigenvalue weighted by Crippen LogP contribution is -2.51. The molecule has 23 heavy (non-hydrogen) atoms. The highest BCUT2D eigenvalue weighted by atomic mass is 127. The fraction of sp³-hybridized carbons (Fsp3) is 0.500. The number of hydrogen-bond acceptors (Lipinski definition) is 3. The van der Waals surface area contributed by atoms with Crippen molar-refractivity contribution in [1.82, 2.24) is 9.80 Å². The van der Waals surface area contributed by atoms with Gasteiger partial charge in [-0.15, -0.1) is 0 Å². The number of carbonyl (C=O) groups excluding carboxylic acids is 2. The molecule has 1 heterocycles. The summed E-state index contributed by atoms with van der Waals surface area (Å²) >= 11 is 8.11. The summed E-state index contributed by atoms with van der Waals surface area (Å²) in [6, 6.07) is 5.29. The van der Waals surface area contributed by atoms with Crippen LogP contribution in [0.5, 0.6) is 0 Å². The van der Waals surface area contributed by atoms with Crippen molar-refractivity contribution in [3.8, 4) is 0 Å². The van der Waals surface area contributed by atoms with Crippen molar-refractivity contribution in [3.05, 3.63) is 32.4 Å². The van der Waals surface area contributed by atoms with Gasteiger partial charge in [-0.3, -0.25) is 4.79 Å². The molecule has 2 rings (SSSR count). The third-order valence-electron chi connectivity index (χ3n) is 3.52. The van der Waals surface area contributed by atoms with Crippen LogP contribution in [-0.2, 0) is 4.74 Å². The lowest BCUT2D eigenvalue weighted by molar-refractivity contribution is 0.0534. The maximum atomic E-state index is 12.6. The molecule has 1 aliphatic rings. The zero-order chi connectivity index (χ0) is 17.0. The molecule has 1 fully saturated rings. The summed E-state index contributed by atoms with van der Waals surface area (Å²) in [5.41, 5.74) is 0.605. The van der Waals surface area contributed by atoms with Gasteiger partial charge in [-0.05, 0) is 46.7 Å². The molecule has 1 aliphatic heterocycles. The fourth-order valence-electron chi connectivity index (χ4n) is 2.25. The van der Waals surface area contributed by atoms with E-state index in [2.05, 4.69) is 22.6 Å². The van der Waals surface area contributed by atoms with Crippen molar-refractivity contribution in [1.29, 1.82) is 0 Å². The van der Waals surface area contributed by atoms with E-state index < -0.39 is 0 Å². The topological polar surface area (TPSA) is 49.9 Å². The molecule has 5 nitrogen and oxygen atoms in total. The summed E-state index contributed by atoms with van der Waals surface area (Å²) in [6.07, 6.45) is -0.303. The third-order valence-corrected chi connectivity index (χ3v) is 4.70. The van der Waals surface area contributed by atoms with Crippen LogP contribution >= 0.6 is 34.2 Å². The summed E-state index contributed by atoms with van der Waals surface area (Å²) in [6.45, 7) is 6.38. The molecule has 0 aliphatic carbocycles. The van der Waals surface area contributed by atoms with Gasteiger partial charge in [-0.1, -0.05) is 25.4 Å². The van der Waals surface area contributed by atoms with Crippen molar-refractivity contribution < 1.29 is 14.3 Å². The van der Waals surface area contributed by atoms with Gasteiger partial charge in [0.25, 0.3) is 5.91 Å². The van der Waals surface area contributed by atoms with E-state index in [0.717, 1.165) is 3.57 Å². The predicted octanol–water partition coefficient (Wildman–Crippen LogP) is 3.50. The maximum absolute atomic E-state index is 12.6. The van der Waals surface area contributed by atoms with Gasteiger partial charge in [0, 0.05) is 34.8 Å². The smallest absolute Gasteiger partial charge is 0.409 e. The second-order valence-corrected chi connectivity index (χ2v) is 7.47. The Hall–Kier alpha value is -1.02. The van der Waals surface area contributed by atoms with Crippen LogP contribution in [0.3, 0.4) is 0 Å². The Kier molecular flexibility index (Phi) is 6.52. The van der Waals surface area contributed by atoms with E-state index in [0.29, 0.717) is 49.3 Å². The van der Waals surface area contributed by atoms with Crippen molar-refractivity contribution >= 4 is 46.2 Å². The van der Waals surface area contributed by atoms with Crippen molar-refractivity contribution in [2.45, 2.75) is 13.8 Å². The molecule has 0 unspecified atom stereocenters. The SMILES string of the molecule is CC(C)COC(=O)N1CCN(C(=O)c2cc(Cl)ccc2I)CC1. The summed E-state index contributed by atoms with van der Waals surface area (Å²) < 4.78 is 6.09. The van der Waals surface area contributed by atoms with Gasteiger partial charge in [0.05, 0.1) is 12.2 Å². The molecule has 1 aromatic rings. The maximum Gasteiger partial charge on any atom is 0.409 e. The zero-order valence-electron chi connectivity index (χ0n) is 13.2. The first-order valence-electron chi connectivity index (χ1n) is 7.54. The Bertz CT molecular complexity index is 587. The average Bonchev–Trinajstić information content (AvgIpc) is 2.54. The molecule has 1 saturated heterocycles. The van der Waals surface area contributed by atoms with Crippen molar-refractivity contribution in [2.75, 3.05) is 32.8 Å². The van der Waals surface area contributed by atoms with Crippen LogP contribution in [0.4, 0.5) is 4.79 Å². The van der Waals surface area contributed by atoms with E-state index in [9.17, 15) is 9.59 Å². The van der Waals surface area contributed by atoms with Crippen LogP contribution in [0.15, 0.2) is 18.2 Å². The summed E-state index contributed by atoms with van der Waals surface area (Å²) in [5.74, 6) is 0.263. The molecule has 1 aromatic carbocycles. The third kappa shape index (κ3) is 4.97. The van der Waals surface area contributed by atoms with Gasteiger partial charge in [0.15, 0.2) is 0 Å². The van der Waals surface area contributed by atoms with E-state index in [1.165, 1.54) is 0 Å². The highest BCUT2D eigenvalue weighted by Gasteiger charge is 2.26. The Morgan fingerprint density at radius 1 is 1.22 bits per heavy atom. The number of benzene rings is 1. The molecule has 0 spiro atoms. The molecule has 0 bridgehead atoms. The monoisotopic (exact) mass is 450 g/mol. The highest BCUT2D eigenvalue weighted by molar-refractivity contribution is 14.1. The molecule has 0 aromatic heterocycles. The Labute approximate surface area is 155 Å². The zero-order valence-corrected chi connectivity index (χ0v) is 16.1. The average molecular weight is 451 g/mol. The number of nitrogens with zero attached hydrogens (tertiary/aromatic N) is 2. The standard InChI is InChI=1S/C16H20ClIN2O3/c1-11(2)10-23-16(22)20-7-5-19(6-8-20)15(21)13-9-12(17)3-4-14(13)18/h3-4,9,11H,5-8,10H2,1-2H3. The van der Waals surface area contributed by atoms with E-state index in [1.807, 2.05) is 19.9 Å². The van der Waals surface area contributed by atoms with Crippen LogP contribution in [-0.4, -0.2) is 54.6 Å². The normalized spacial score (nSPS) is 15.0. The number of amides is 2. The largest absolute Gasteiger partial charge is 0.449 e. The highest BCUT2D eigenvalue weighted by Crippen LogP contribution is 2.20. The summed E-state index contributed by atoms with van der Waals surface area (Å²) in [5, 5.41) is 0.546. The minimum absolute atomic E-state index is 0.0490. The lowest BCUT2D eigenvalue weighted by atomic mass is 10.2. The molecule has 126 valence electrons. The van der Waals surface area contributed by atoms with Crippen LogP contribution in [0, 0.1) is 9.49 Å². The first-order chi connectivity index (χ1) is 10.9. The minimum Gasteiger partial charge on any atom is -0.449 e. The Balaban J connectivity index is 1.92. The van der Waals surface area contributed by atoms with Crippen LogP contribution in [0.2, 0.25) is 5.02 Å². The second-order valence-electron chi connectivity index (χ2n) is 5.87. The molecule has 0 saturated carbocycles. The number of piperazine rings is 1. The molecule has 0 radical (unpaired) electrons. The van der Waals surface area contributed by atoms with Crippen molar-refractivity contribution in [2.24, 2.45) is 5.92 Å². The summed E-state index contributed by atoms with van der Waals surface area (Å²) in [4.78, 5) is 27.9. The fourth-order valence-corrected chi connectivity index (χ4v) is 2.99. The molecular weight excluding hydrogens is 431 g/mol. The van der Waals surface area contributed by atoms with Crippen molar-refractivity contribution in [3.63, 3.8) is 0 Å². The molecule has 0 N–H and O–H groups in total. The number of halogens is 2. The van der Waals surface area contributed by atoms with Gasteiger partial charge >= 0.3 is 6.09 Å². The molecule has 7 heteroatoms. The predicted molar refractivity (Wildman–Crippen MR) is 97.8 cm³/mol. The molecule has 2 amide bonds. The van der Waals surface area contributed by atoms with Gasteiger partial charge in [-0.2, -0.15) is 0 Å². The van der Waals surface area contributed by atoms with E-state index in [1.54, 1.807) is 21.9 Å². The van der Waals surface area contributed by atoms with E-state index >= 15 is 0 Å². The second kappa shape index (κ2) is 8.19. The Morgan fingerprint density at radius 2 is 1.83 bits per heavy atom. The van der Waals surface area contributed by atoms with Crippen LogP contribution < -0.4 is 0 Å². The molecule has 0 atom stereocenters. The summed E-state index contributed by atoms with van der Waals surface area (Å²) in [7, 11) is 0. The first kappa shape index (κ1) is 18.3. The quantitative estimate of drug-likeness (QED) is 0.663. The lowest BCUT2D eigenvalue weighted by Gasteiger charge is -2.34. The van der Waals surface area contributed by atoms with Crippen LogP contribution in [0.1, 0.15) is 24.2 Å². The number of rotatable bonds is 3. The van der Waals surface area contributed by atoms with Gasteiger partial charge < -0.3 is 14.5 Å². The van der Waals surface area contributed by atoms with Gasteiger partial charge in [-0.25, -0.2) is 4.79 Å². The number of carbonyl (C=O) groups is 2. The van der Waals surface area contributed by atoms with Gasteiger partial charge in [0.2, 0.25) is 0 Å². The molecular formula is C16H20ClIN2O3. The number of hydrogen-bond donors (Lipinski definition) is 0. The minimum atomic E-state index is -0.303. The van der Waals surface area contributed by atoms with Gasteiger partial charge in [0.1, 0.15) is 0 Å². The van der Waals surface area contributed by atoms with E-state index in [-0.39, 0.29) is 12.0 Å². The van der Waals surface area contributed by atoms with E-state index in [4.69, 9.17) is 16.3 Å². The first-order valence-corrected chi connectivity index (χ1v) is 9.00. The van der Waals surface area contributed by atoms with Crippen LogP contribution in [0.25, 0.3) is 0 Å².